The van der Waals surface area contributed by atoms with E-state index in [2.05, 4.69) is 39.4 Å². The summed E-state index contributed by atoms with van der Waals surface area (Å²) >= 11 is 0. The summed E-state index contributed by atoms with van der Waals surface area (Å²) in [6.07, 6.45) is 1.86. The van der Waals surface area contributed by atoms with Crippen LogP contribution in [0.1, 0.15) is 27.2 Å². The Morgan fingerprint density at radius 2 is 1.80 bits per heavy atom. The average Bonchev–Trinajstić information content (AvgIpc) is 2.50. The molecule has 1 aliphatic heterocycles. The van der Waals surface area contributed by atoms with E-state index in [4.69, 9.17) is 0 Å². The maximum Gasteiger partial charge on any atom is 0.191 e. The predicted octanol–water partition coefficient (Wildman–Crippen LogP) is 0.619. The second-order valence-corrected chi connectivity index (χ2v) is 9.13. The highest BCUT2D eigenvalue weighted by Gasteiger charge is 2.19. The van der Waals surface area contributed by atoms with Crippen LogP contribution in [0, 0.1) is 0 Å². The molecular weight excluding hydrogens is 453 g/mol. The fourth-order valence-electron chi connectivity index (χ4n) is 2.62. The van der Waals surface area contributed by atoms with Crippen LogP contribution >= 0.6 is 24.0 Å². The number of hydrogen-bond donors (Lipinski definition) is 2. The first-order valence-corrected chi connectivity index (χ1v) is 10.9. The SMILES string of the molecule is CCNC(=NCC(C)N1CCN(C)CC1)NC(C)CCS(C)(=O)=O.I. The van der Waals surface area contributed by atoms with Crippen LogP contribution in [-0.2, 0) is 9.84 Å². The standard InChI is InChI=1S/C16H35N5O2S.HI/c1-6-17-16(19-14(2)7-12-24(5,22)23)18-13-15(3)21-10-8-20(4)9-11-21;/h14-15H,6-13H2,1-5H3,(H2,17,18,19);1H. The first kappa shape index (κ1) is 24.9. The molecule has 1 rings (SSSR count). The van der Waals surface area contributed by atoms with Crippen molar-refractivity contribution in [1.82, 2.24) is 20.4 Å². The van der Waals surface area contributed by atoms with E-state index >= 15 is 0 Å². The van der Waals surface area contributed by atoms with Crippen molar-refractivity contribution in [3.8, 4) is 0 Å². The molecule has 0 bridgehead atoms. The molecule has 0 aromatic heterocycles. The van der Waals surface area contributed by atoms with Gasteiger partial charge in [0, 0.05) is 51.1 Å². The van der Waals surface area contributed by atoms with Crippen molar-refractivity contribution in [1.29, 1.82) is 0 Å². The predicted molar refractivity (Wildman–Crippen MR) is 117 cm³/mol. The third-order valence-electron chi connectivity index (χ3n) is 4.32. The summed E-state index contributed by atoms with van der Waals surface area (Å²) in [5.74, 6) is 0.956. The minimum Gasteiger partial charge on any atom is -0.357 e. The number of hydrogen-bond acceptors (Lipinski definition) is 5. The first-order chi connectivity index (χ1) is 11.2. The molecule has 2 N–H and O–H groups in total. The van der Waals surface area contributed by atoms with Gasteiger partial charge in [-0.3, -0.25) is 9.89 Å². The van der Waals surface area contributed by atoms with Crippen LogP contribution in [0.25, 0.3) is 0 Å². The lowest BCUT2D eigenvalue weighted by Gasteiger charge is -2.36. The van der Waals surface area contributed by atoms with Crippen LogP contribution in [-0.4, -0.2) is 94.6 Å². The summed E-state index contributed by atoms with van der Waals surface area (Å²) in [7, 11) is -0.765. The first-order valence-electron chi connectivity index (χ1n) is 8.86. The Balaban J connectivity index is 0.00000576. The number of rotatable bonds is 8. The van der Waals surface area contributed by atoms with Crippen molar-refractivity contribution in [3.05, 3.63) is 0 Å². The van der Waals surface area contributed by atoms with Crippen LogP contribution in [0.5, 0.6) is 0 Å². The Kier molecular flexibility index (Phi) is 12.2. The molecule has 0 amide bonds. The van der Waals surface area contributed by atoms with Crippen molar-refractivity contribution < 1.29 is 8.42 Å². The molecule has 0 aliphatic carbocycles. The van der Waals surface area contributed by atoms with Crippen LogP contribution < -0.4 is 10.6 Å². The van der Waals surface area contributed by atoms with Crippen molar-refractivity contribution in [2.24, 2.45) is 4.99 Å². The Bertz CT molecular complexity index is 493. The number of piperazine rings is 1. The number of guanidine groups is 1. The molecule has 0 aromatic rings. The molecule has 2 atom stereocenters. The van der Waals surface area contributed by atoms with E-state index in [-0.39, 0.29) is 35.8 Å². The molecule has 7 nitrogen and oxygen atoms in total. The molecule has 0 aromatic carbocycles. The molecule has 9 heteroatoms. The van der Waals surface area contributed by atoms with Gasteiger partial charge >= 0.3 is 0 Å². The van der Waals surface area contributed by atoms with E-state index in [9.17, 15) is 8.42 Å². The summed E-state index contributed by atoms with van der Waals surface area (Å²) in [6, 6.07) is 0.469. The van der Waals surface area contributed by atoms with Crippen LogP contribution in [0.3, 0.4) is 0 Å². The lowest BCUT2D eigenvalue weighted by molar-refractivity contribution is 0.122. The zero-order valence-corrected chi connectivity index (χ0v) is 19.4. The molecule has 25 heavy (non-hydrogen) atoms. The van der Waals surface area contributed by atoms with Gasteiger partial charge in [0.2, 0.25) is 0 Å². The molecule has 0 spiro atoms. The average molecular weight is 489 g/mol. The van der Waals surface area contributed by atoms with Crippen molar-refractivity contribution in [2.45, 2.75) is 39.3 Å². The zero-order valence-electron chi connectivity index (χ0n) is 16.3. The molecule has 2 unspecified atom stereocenters. The lowest BCUT2D eigenvalue weighted by atomic mass is 10.2. The summed E-state index contributed by atoms with van der Waals surface area (Å²) in [5, 5.41) is 6.54. The van der Waals surface area contributed by atoms with E-state index in [1.54, 1.807) is 0 Å². The van der Waals surface area contributed by atoms with Crippen LogP contribution in [0.2, 0.25) is 0 Å². The van der Waals surface area contributed by atoms with Gasteiger partial charge in [-0.1, -0.05) is 0 Å². The number of nitrogens with one attached hydrogen (secondary N) is 2. The highest BCUT2D eigenvalue weighted by atomic mass is 127. The van der Waals surface area contributed by atoms with E-state index in [1.807, 2.05) is 13.8 Å². The fourth-order valence-corrected chi connectivity index (χ4v) is 3.40. The van der Waals surface area contributed by atoms with Gasteiger partial charge in [-0.15, -0.1) is 24.0 Å². The summed E-state index contributed by atoms with van der Waals surface area (Å²) < 4.78 is 22.6. The van der Waals surface area contributed by atoms with E-state index in [1.165, 1.54) is 6.26 Å². The molecular formula is C16H36IN5O2S. The molecule has 1 saturated heterocycles. The largest absolute Gasteiger partial charge is 0.357 e. The highest BCUT2D eigenvalue weighted by Crippen LogP contribution is 2.05. The monoisotopic (exact) mass is 489 g/mol. The number of nitrogens with zero attached hydrogens (tertiary/aromatic N) is 3. The maximum atomic E-state index is 11.3. The second-order valence-electron chi connectivity index (χ2n) is 6.87. The minimum absolute atomic E-state index is 0. The number of sulfone groups is 1. The van der Waals surface area contributed by atoms with Crippen molar-refractivity contribution >= 4 is 39.8 Å². The zero-order chi connectivity index (χ0) is 18.2. The maximum absolute atomic E-state index is 11.3. The quantitative estimate of drug-likeness (QED) is 0.296. The second kappa shape index (κ2) is 12.3. The Hall–Kier alpha value is -0.130. The Morgan fingerprint density at radius 3 is 2.32 bits per heavy atom. The molecule has 0 radical (unpaired) electrons. The summed E-state index contributed by atoms with van der Waals surface area (Å²) in [4.78, 5) is 9.50. The van der Waals surface area contributed by atoms with E-state index < -0.39 is 9.84 Å². The van der Waals surface area contributed by atoms with Gasteiger partial charge in [0.1, 0.15) is 9.84 Å². The molecule has 1 aliphatic rings. The normalized spacial score (nSPS) is 19.8. The Morgan fingerprint density at radius 1 is 1.20 bits per heavy atom. The van der Waals surface area contributed by atoms with Gasteiger partial charge < -0.3 is 15.5 Å². The van der Waals surface area contributed by atoms with Gasteiger partial charge in [-0.05, 0) is 34.2 Å². The Labute approximate surface area is 170 Å². The van der Waals surface area contributed by atoms with Gasteiger partial charge in [-0.2, -0.15) is 0 Å². The third-order valence-corrected chi connectivity index (χ3v) is 5.30. The summed E-state index contributed by atoms with van der Waals surface area (Å²) in [5.41, 5.74) is 0. The minimum atomic E-state index is -2.92. The smallest absolute Gasteiger partial charge is 0.191 e. The van der Waals surface area contributed by atoms with Gasteiger partial charge in [0.25, 0.3) is 0 Å². The number of aliphatic imine (C=N–C) groups is 1. The summed E-state index contributed by atoms with van der Waals surface area (Å²) in [6.45, 7) is 12.1. The highest BCUT2D eigenvalue weighted by molar-refractivity contribution is 14.0. The van der Waals surface area contributed by atoms with Crippen LogP contribution in [0.4, 0.5) is 0 Å². The number of likely N-dealkylation sites (N-methyl/N-ethyl adjacent to an activating group) is 1. The van der Waals surface area contributed by atoms with Crippen molar-refractivity contribution in [2.75, 3.05) is 58.3 Å². The number of halogens is 1. The molecule has 1 fully saturated rings. The van der Waals surface area contributed by atoms with Gasteiger partial charge in [-0.25, -0.2) is 8.42 Å². The van der Waals surface area contributed by atoms with Crippen LogP contribution in [0.15, 0.2) is 4.99 Å². The van der Waals surface area contributed by atoms with E-state index in [0.717, 1.165) is 45.2 Å². The molecule has 150 valence electrons. The molecule has 1 heterocycles. The lowest BCUT2D eigenvalue weighted by Crippen LogP contribution is -2.49. The third kappa shape index (κ3) is 11.2. The van der Waals surface area contributed by atoms with Gasteiger partial charge in [0.15, 0.2) is 5.96 Å². The fraction of sp³-hybridized carbons (Fsp3) is 0.938. The van der Waals surface area contributed by atoms with Gasteiger partial charge in [0.05, 0.1) is 12.3 Å². The molecule has 0 saturated carbocycles. The topological polar surface area (TPSA) is 77.0 Å². The van der Waals surface area contributed by atoms with E-state index in [0.29, 0.717) is 12.5 Å². The van der Waals surface area contributed by atoms with Crippen molar-refractivity contribution in [3.63, 3.8) is 0 Å².